The van der Waals surface area contributed by atoms with Crippen LogP contribution in [0.1, 0.15) is 43.4 Å². The lowest BCUT2D eigenvalue weighted by Crippen LogP contribution is -2.43. The van der Waals surface area contributed by atoms with Crippen LogP contribution < -0.4 is 5.32 Å². The minimum Gasteiger partial charge on any atom is -0.374 e. The van der Waals surface area contributed by atoms with Crippen molar-refractivity contribution in [2.75, 3.05) is 13.1 Å². The molecule has 138 valence electrons. The molecule has 1 aliphatic carbocycles. The van der Waals surface area contributed by atoms with Gasteiger partial charge < -0.3 is 15.2 Å². The van der Waals surface area contributed by atoms with Crippen molar-refractivity contribution in [2.24, 2.45) is 0 Å². The zero-order valence-electron chi connectivity index (χ0n) is 14.6. The zero-order valence-corrected chi connectivity index (χ0v) is 14.6. The van der Waals surface area contributed by atoms with Crippen LogP contribution in [-0.4, -0.2) is 50.8 Å². The third-order valence-electron chi connectivity index (χ3n) is 4.96. The summed E-state index contributed by atoms with van der Waals surface area (Å²) in [5.41, 5.74) is 3.59. The molecule has 1 saturated carbocycles. The predicted molar refractivity (Wildman–Crippen MR) is 93.6 cm³/mol. The summed E-state index contributed by atoms with van der Waals surface area (Å²) in [6.45, 7) is 5.21. The zero-order chi connectivity index (χ0) is 18.5. The van der Waals surface area contributed by atoms with Crippen LogP contribution in [0.3, 0.4) is 0 Å². The van der Waals surface area contributed by atoms with Crippen molar-refractivity contribution >= 4 is 22.8 Å². The first kappa shape index (κ1) is 16.9. The Morgan fingerprint density at radius 3 is 2.92 bits per heavy atom. The molecular weight excluding hydrogens is 340 g/mol. The van der Waals surface area contributed by atoms with Gasteiger partial charge in [0.15, 0.2) is 5.65 Å². The molecule has 1 saturated heterocycles. The topological polar surface area (TPSA) is 73.9 Å². The first-order chi connectivity index (χ1) is 12.3. The van der Waals surface area contributed by atoms with Crippen LogP contribution in [0.25, 0.3) is 16.9 Å². The SMILES string of the molecule is C=C(NC(C)C(=O)N1CCC(F)(F)C1)c1c[nH]c2ncc(C3CC3)nc12. The highest BCUT2D eigenvalue weighted by molar-refractivity contribution is 5.89. The van der Waals surface area contributed by atoms with Gasteiger partial charge in [0.1, 0.15) is 11.6 Å². The maximum Gasteiger partial charge on any atom is 0.267 e. The Morgan fingerprint density at radius 1 is 1.50 bits per heavy atom. The molecule has 0 radical (unpaired) electrons. The second kappa shape index (κ2) is 6.03. The summed E-state index contributed by atoms with van der Waals surface area (Å²) in [5.74, 6) is -2.67. The molecule has 2 aliphatic rings. The van der Waals surface area contributed by atoms with Gasteiger partial charge in [-0.05, 0) is 19.8 Å². The Bertz CT molecular complexity index is 874. The molecule has 0 bridgehead atoms. The Labute approximate surface area is 149 Å². The largest absolute Gasteiger partial charge is 0.374 e. The molecule has 0 aromatic carbocycles. The van der Waals surface area contributed by atoms with Crippen molar-refractivity contribution < 1.29 is 13.6 Å². The Hall–Kier alpha value is -2.51. The van der Waals surface area contributed by atoms with E-state index in [-0.39, 0.29) is 18.9 Å². The van der Waals surface area contributed by atoms with E-state index in [4.69, 9.17) is 0 Å². The molecule has 4 rings (SSSR count). The monoisotopic (exact) mass is 361 g/mol. The third-order valence-corrected chi connectivity index (χ3v) is 4.96. The average molecular weight is 361 g/mol. The number of hydrogen-bond donors (Lipinski definition) is 2. The number of halogens is 2. The van der Waals surface area contributed by atoms with Crippen molar-refractivity contribution in [3.05, 3.63) is 30.2 Å². The van der Waals surface area contributed by atoms with E-state index in [9.17, 15) is 13.6 Å². The molecule has 0 spiro atoms. The van der Waals surface area contributed by atoms with Crippen LogP contribution in [0.15, 0.2) is 19.0 Å². The van der Waals surface area contributed by atoms with Crippen molar-refractivity contribution in [3.63, 3.8) is 0 Å². The fraction of sp³-hybridized carbons (Fsp3) is 0.500. The molecule has 8 heteroatoms. The number of nitrogens with zero attached hydrogens (tertiary/aromatic N) is 3. The van der Waals surface area contributed by atoms with Crippen molar-refractivity contribution in [1.82, 2.24) is 25.2 Å². The van der Waals surface area contributed by atoms with Gasteiger partial charge in [-0.15, -0.1) is 0 Å². The van der Waals surface area contributed by atoms with E-state index < -0.39 is 18.5 Å². The van der Waals surface area contributed by atoms with Gasteiger partial charge in [-0.1, -0.05) is 6.58 Å². The Balaban J connectivity index is 1.48. The number of nitrogens with one attached hydrogen (secondary N) is 2. The second-order valence-electron chi connectivity index (χ2n) is 7.18. The van der Waals surface area contributed by atoms with Gasteiger partial charge in [-0.25, -0.2) is 18.7 Å². The van der Waals surface area contributed by atoms with Gasteiger partial charge in [-0.2, -0.15) is 0 Å². The summed E-state index contributed by atoms with van der Waals surface area (Å²) in [7, 11) is 0. The summed E-state index contributed by atoms with van der Waals surface area (Å²) >= 11 is 0. The summed E-state index contributed by atoms with van der Waals surface area (Å²) < 4.78 is 26.7. The number of fused-ring (bicyclic) bond motifs is 1. The van der Waals surface area contributed by atoms with E-state index in [0.717, 1.165) is 24.1 Å². The van der Waals surface area contributed by atoms with E-state index in [1.807, 2.05) is 0 Å². The first-order valence-corrected chi connectivity index (χ1v) is 8.80. The molecule has 2 aromatic rings. The number of H-pyrrole nitrogens is 1. The van der Waals surface area contributed by atoms with Gasteiger partial charge in [0.25, 0.3) is 5.92 Å². The summed E-state index contributed by atoms with van der Waals surface area (Å²) in [6, 6.07) is -0.652. The average Bonchev–Trinajstić information content (AvgIpc) is 3.26. The van der Waals surface area contributed by atoms with Crippen LogP contribution >= 0.6 is 0 Å². The lowest BCUT2D eigenvalue weighted by atomic mass is 10.2. The van der Waals surface area contributed by atoms with Crippen LogP contribution in [-0.2, 0) is 4.79 Å². The molecule has 2 N–H and O–H groups in total. The molecule has 6 nitrogen and oxygen atoms in total. The normalized spacial score (nSPS) is 20.3. The molecular formula is C18H21F2N5O. The predicted octanol–water partition coefficient (Wildman–Crippen LogP) is 2.65. The van der Waals surface area contributed by atoms with E-state index >= 15 is 0 Å². The highest BCUT2D eigenvalue weighted by Crippen LogP contribution is 2.39. The highest BCUT2D eigenvalue weighted by Gasteiger charge is 2.41. The van der Waals surface area contributed by atoms with Gasteiger partial charge in [0, 0.05) is 36.3 Å². The van der Waals surface area contributed by atoms with Gasteiger partial charge >= 0.3 is 0 Å². The van der Waals surface area contributed by atoms with Crippen molar-refractivity contribution in [2.45, 2.75) is 44.1 Å². The minimum atomic E-state index is -2.79. The third kappa shape index (κ3) is 3.15. The summed E-state index contributed by atoms with van der Waals surface area (Å²) in [5, 5.41) is 3.02. The minimum absolute atomic E-state index is 0.0770. The molecule has 2 fully saturated rings. The number of alkyl halides is 2. The maximum absolute atomic E-state index is 13.3. The summed E-state index contributed by atoms with van der Waals surface area (Å²) in [6.07, 6.45) is 5.51. The van der Waals surface area contributed by atoms with E-state index in [2.05, 4.69) is 26.8 Å². The van der Waals surface area contributed by atoms with Crippen LogP contribution in [0, 0.1) is 0 Å². The van der Waals surface area contributed by atoms with Crippen LogP contribution in [0.5, 0.6) is 0 Å². The maximum atomic E-state index is 13.3. The number of carbonyl (C=O) groups excluding carboxylic acids is 1. The number of aromatic amines is 1. The quantitative estimate of drug-likeness (QED) is 0.859. The molecule has 1 unspecified atom stereocenters. The number of amides is 1. The molecule has 1 amide bonds. The fourth-order valence-corrected chi connectivity index (χ4v) is 3.31. The first-order valence-electron chi connectivity index (χ1n) is 8.80. The molecule has 1 aliphatic heterocycles. The smallest absolute Gasteiger partial charge is 0.267 e. The van der Waals surface area contributed by atoms with E-state index in [1.54, 1.807) is 19.3 Å². The van der Waals surface area contributed by atoms with Gasteiger partial charge in [0.05, 0.1) is 18.4 Å². The number of aromatic nitrogens is 3. The van der Waals surface area contributed by atoms with E-state index in [0.29, 0.717) is 22.8 Å². The number of likely N-dealkylation sites (tertiary alicyclic amines) is 1. The molecule has 3 heterocycles. The second-order valence-corrected chi connectivity index (χ2v) is 7.18. The molecule has 2 aromatic heterocycles. The number of rotatable bonds is 5. The van der Waals surface area contributed by atoms with Crippen LogP contribution in [0.4, 0.5) is 8.78 Å². The fourth-order valence-electron chi connectivity index (χ4n) is 3.31. The lowest BCUT2D eigenvalue weighted by molar-refractivity contribution is -0.133. The van der Waals surface area contributed by atoms with Crippen molar-refractivity contribution in [1.29, 1.82) is 0 Å². The molecule has 1 atom stereocenters. The van der Waals surface area contributed by atoms with Gasteiger partial charge in [0.2, 0.25) is 5.91 Å². The summed E-state index contributed by atoms with van der Waals surface area (Å²) in [4.78, 5) is 25.7. The van der Waals surface area contributed by atoms with Crippen molar-refractivity contribution in [3.8, 4) is 0 Å². The standard InChI is InChI=1S/C18H21F2N5O/c1-10(23-11(2)17(26)25-6-5-18(19,20)9-25)13-7-21-16-15(13)24-14(8-22-16)12-3-4-12/h7-8,11-12,23H,1,3-6,9H2,2H3,(H,21,22). The Morgan fingerprint density at radius 2 is 2.27 bits per heavy atom. The Kier molecular flexibility index (Phi) is 3.93. The number of carbonyl (C=O) groups is 1. The van der Waals surface area contributed by atoms with Crippen LogP contribution in [0.2, 0.25) is 0 Å². The lowest BCUT2D eigenvalue weighted by Gasteiger charge is -2.22. The number of hydrogen-bond acceptors (Lipinski definition) is 4. The highest BCUT2D eigenvalue weighted by atomic mass is 19.3. The van der Waals surface area contributed by atoms with Gasteiger partial charge in [-0.3, -0.25) is 4.79 Å². The molecule has 26 heavy (non-hydrogen) atoms. The van der Waals surface area contributed by atoms with E-state index in [1.165, 1.54) is 4.90 Å².